The highest BCUT2D eigenvalue weighted by molar-refractivity contribution is 7.17. The van der Waals surface area contributed by atoms with Gasteiger partial charge in [-0.25, -0.2) is 0 Å². The van der Waals surface area contributed by atoms with Crippen molar-refractivity contribution in [2.45, 2.75) is 26.7 Å². The maximum atomic E-state index is 12.3. The molecule has 0 bridgehead atoms. The molecule has 5 heteroatoms. The van der Waals surface area contributed by atoms with Crippen molar-refractivity contribution in [2.24, 2.45) is 12.0 Å². The summed E-state index contributed by atoms with van der Waals surface area (Å²) in [6.45, 7) is 4.15. The Kier molecular flexibility index (Phi) is 4.88. The second-order valence-electron chi connectivity index (χ2n) is 5.84. The summed E-state index contributed by atoms with van der Waals surface area (Å²) in [4.78, 5) is 17.3. The lowest BCUT2D eigenvalue weighted by Crippen LogP contribution is -2.14. The van der Waals surface area contributed by atoms with Gasteiger partial charge < -0.3 is 4.57 Å². The number of carbonyl (C=O) groups is 1. The number of thiazole rings is 1. The summed E-state index contributed by atoms with van der Waals surface area (Å²) in [7, 11) is 1.92. The van der Waals surface area contributed by atoms with Gasteiger partial charge in [-0.2, -0.15) is 4.99 Å². The molecular weight excluding hydrogens is 340 g/mol. The van der Waals surface area contributed by atoms with E-state index in [1.165, 1.54) is 16.9 Å². The maximum absolute atomic E-state index is 12.3. The number of fused-ring (bicyclic) bond motifs is 1. The van der Waals surface area contributed by atoms with Gasteiger partial charge in [0.15, 0.2) is 4.80 Å². The summed E-state index contributed by atoms with van der Waals surface area (Å²) in [5.41, 5.74) is 4.41. The van der Waals surface area contributed by atoms with Crippen molar-refractivity contribution in [3.8, 4) is 0 Å². The van der Waals surface area contributed by atoms with Crippen LogP contribution in [0.1, 0.15) is 23.6 Å². The van der Waals surface area contributed by atoms with Crippen LogP contribution < -0.4 is 4.80 Å². The van der Waals surface area contributed by atoms with Crippen LogP contribution in [0, 0.1) is 6.92 Å². The number of aryl methyl sites for hydroxylation is 3. The number of hydrogen-bond donors (Lipinski definition) is 0. The van der Waals surface area contributed by atoms with E-state index in [1.807, 2.05) is 42.8 Å². The standard InChI is InChI=1S/C19H19ClN2OS/c1-4-13-6-8-14(9-7-13)11-16(23)21-19-22(3)17-12(2)5-10-15(20)18(17)24-19/h5-10H,4,11H2,1-3H3. The lowest BCUT2D eigenvalue weighted by molar-refractivity contribution is -0.117. The van der Waals surface area contributed by atoms with Gasteiger partial charge in [-0.15, -0.1) is 0 Å². The Hall–Kier alpha value is -1.91. The summed E-state index contributed by atoms with van der Waals surface area (Å²) in [6, 6.07) is 12.0. The third-order valence-electron chi connectivity index (χ3n) is 4.11. The van der Waals surface area contributed by atoms with E-state index >= 15 is 0 Å². The zero-order chi connectivity index (χ0) is 17.3. The Bertz CT molecular complexity index is 967. The molecule has 3 aromatic rings. The van der Waals surface area contributed by atoms with Crippen molar-refractivity contribution in [3.05, 3.63) is 62.9 Å². The van der Waals surface area contributed by atoms with Gasteiger partial charge in [-0.3, -0.25) is 4.79 Å². The van der Waals surface area contributed by atoms with Gasteiger partial charge in [0.05, 0.1) is 21.7 Å². The molecule has 0 saturated carbocycles. The molecule has 1 amide bonds. The lowest BCUT2D eigenvalue weighted by Gasteiger charge is -2.01. The van der Waals surface area contributed by atoms with Crippen LogP contribution in [-0.2, 0) is 24.7 Å². The highest BCUT2D eigenvalue weighted by Gasteiger charge is 2.10. The van der Waals surface area contributed by atoms with Crippen LogP contribution in [0.5, 0.6) is 0 Å². The van der Waals surface area contributed by atoms with Gasteiger partial charge in [0.1, 0.15) is 0 Å². The lowest BCUT2D eigenvalue weighted by atomic mass is 10.1. The molecule has 3 rings (SSSR count). The minimum Gasteiger partial charge on any atom is -0.319 e. The molecule has 0 spiro atoms. The fourth-order valence-electron chi connectivity index (χ4n) is 2.73. The zero-order valence-electron chi connectivity index (χ0n) is 14.0. The molecule has 1 heterocycles. The Morgan fingerprint density at radius 3 is 2.46 bits per heavy atom. The van der Waals surface area contributed by atoms with E-state index in [0.717, 1.165) is 27.8 Å². The molecule has 24 heavy (non-hydrogen) atoms. The van der Waals surface area contributed by atoms with Gasteiger partial charge in [0.25, 0.3) is 5.91 Å². The Morgan fingerprint density at radius 1 is 1.17 bits per heavy atom. The molecule has 124 valence electrons. The number of hydrogen-bond acceptors (Lipinski definition) is 2. The molecule has 0 N–H and O–H groups in total. The molecule has 0 unspecified atom stereocenters. The molecule has 1 aromatic heterocycles. The van der Waals surface area contributed by atoms with Crippen LogP contribution in [0.3, 0.4) is 0 Å². The minimum absolute atomic E-state index is 0.143. The molecule has 0 radical (unpaired) electrons. The predicted octanol–water partition coefficient (Wildman–Crippen LogP) is 4.43. The average molecular weight is 359 g/mol. The molecule has 0 saturated heterocycles. The Morgan fingerprint density at radius 2 is 1.83 bits per heavy atom. The van der Waals surface area contributed by atoms with Crippen LogP contribution >= 0.6 is 22.9 Å². The van der Waals surface area contributed by atoms with Gasteiger partial charge >= 0.3 is 0 Å². The van der Waals surface area contributed by atoms with Crippen LogP contribution in [0.15, 0.2) is 41.4 Å². The zero-order valence-corrected chi connectivity index (χ0v) is 15.5. The van der Waals surface area contributed by atoms with Gasteiger partial charge in [0.2, 0.25) is 0 Å². The smallest absolute Gasteiger partial charge is 0.252 e. The van der Waals surface area contributed by atoms with Crippen LogP contribution in [0.25, 0.3) is 10.2 Å². The first-order valence-corrected chi connectivity index (χ1v) is 9.09. The maximum Gasteiger partial charge on any atom is 0.252 e. The summed E-state index contributed by atoms with van der Waals surface area (Å²) >= 11 is 7.73. The average Bonchev–Trinajstić information content (AvgIpc) is 2.90. The van der Waals surface area contributed by atoms with E-state index in [2.05, 4.69) is 24.0 Å². The molecule has 0 aliphatic rings. The number of benzene rings is 2. The monoisotopic (exact) mass is 358 g/mol. The number of amides is 1. The van der Waals surface area contributed by atoms with Crippen LogP contribution in [0.2, 0.25) is 5.02 Å². The second-order valence-corrected chi connectivity index (χ2v) is 7.22. The van der Waals surface area contributed by atoms with Gasteiger partial charge in [0, 0.05) is 7.05 Å². The van der Waals surface area contributed by atoms with Crippen LogP contribution in [0.4, 0.5) is 0 Å². The predicted molar refractivity (Wildman–Crippen MR) is 101 cm³/mol. The second kappa shape index (κ2) is 6.91. The van der Waals surface area contributed by atoms with Crippen LogP contribution in [-0.4, -0.2) is 10.5 Å². The van der Waals surface area contributed by atoms with Crippen molar-refractivity contribution in [2.75, 3.05) is 0 Å². The normalized spacial score (nSPS) is 12.1. The van der Waals surface area contributed by atoms with Gasteiger partial charge in [-0.1, -0.05) is 60.2 Å². The van der Waals surface area contributed by atoms with Crippen molar-refractivity contribution < 1.29 is 4.79 Å². The van der Waals surface area contributed by atoms with E-state index in [4.69, 9.17) is 11.6 Å². The number of aromatic nitrogens is 1. The third kappa shape index (κ3) is 3.30. The summed E-state index contributed by atoms with van der Waals surface area (Å²) < 4.78 is 2.91. The van der Waals surface area contributed by atoms with E-state index in [-0.39, 0.29) is 5.91 Å². The minimum atomic E-state index is -0.143. The quantitative estimate of drug-likeness (QED) is 0.681. The highest BCUT2D eigenvalue weighted by Crippen LogP contribution is 2.28. The molecule has 3 nitrogen and oxygen atoms in total. The fourth-order valence-corrected chi connectivity index (χ4v) is 4.11. The highest BCUT2D eigenvalue weighted by atomic mass is 35.5. The Balaban J connectivity index is 1.94. The molecule has 2 aromatic carbocycles. The number of rotatable bonds is 3. The van der Waals surface area contributed by atoms with Crippen molar-refractivity contribution >= 4 is 39.1 Å². The topological polar surface area (TPSA) is 34.4 Å². The third-order valence-corrected chi connectivity index (χ3v) is 5.70. The van der Waals surface area contributed by atoms with Crippen molar-refractivity contribution in [1.82, 2.24) is 4.57 Å². The Labute approximate surface area is 150 Å². The summed E-state index contributed by atoms with van der Waals surface area (Å²) in [5.74, 6) is -0.143. The van der Waals surface area contributed by atoms with Crippen molar-refractivity contribution in [3.63, 3.8) is 0 Å². The van der Waals surface area contributed by atoms with E-state index in [9.17, 15) is 4.79 Å². The number of halogens is 1. The largest absolute Gasteiger partial charge is 0.319 e. The first-order chi connectivity index (χ1) is 11.5. The summed E-state index contributed by atoms with van der Waals surface area (Å²) in [6.07, 6.45) is 1.31. The molecule has 0 aliphatic carbocycles. The SMILES string of the molecule is CCc1ccc(CC(=O)N=c2sc3c(Cl)ccc(C)c3n2C)cc1. The van der Waals surface area contributed by atoms with Crippen molar-refractivity contribution in [1.29, 1.82) is 0 Å². The fraction of sp³-hybridized carbons (Fsp3) is 0.263. The first-order valence-electron chi connectivity index (χ1n) is 7.89. The molecule has 0 fully saturated rings. The summed E-state index contributed by atoms with van der Waals surface area (Å²) in [5, 5.41) is 0.695. The molecular formula is C19H19ClN2OS. The molecule has 0 atom stereocenters. The van der Waals surface area contributed by atoms with E-state index in [0.29, 0.717) is 16.2 Å². The van der Waals surface area contributed by atoms with E-state index < -0.39 is 0 Å². The molecule has 0 aliphatic heterocycles. The van der Waals surface area contributed by atoms with Gasteiger partial charge in [-0.05, 0) is 36.1 Å². The first kappa shape index (κ1) is 16.9. The number of nitrogens with zero attached hydrogens (tertiary/aromatic N) is 2. The number of carbonyl (C=O) groups excluding carboxylic acids is 1. The van der Waals surface area contributed by atoms with E-state index in [1.54, 1.807) is 0 Å².